The number of anilines is 1. The smallest absolute Gasteiger partial charge is 0.348 e. The topological polar surface area (TPSA) is 76.6 Å². The number of ether oxygens (including phenoxy) is 2. The molecule has 1 fully saturated rings. The Kier molecular flexibility index (Phi) is 5.91. The van der Waals surface area contributed by atoms with Crippen LogP contribution in [-0.4, -0.2) is 58.8 Å². The van der Waals surface area contributed by atoms with E-state index in [1.54, 1.807) is 0 Å². The molecule has 29 heavy (non-hydrogen) atoms. The highest BCUT2D eigenvalue weighted by molar-refractivity contribution is 7.20. The molecule has 0 bridgehead atoms. The predicted octanol–water partition coefficient (Wildman–Crippen LogP) is 4.00. The van der Waals surface area contributed by atoms with Gasteiger partial charge in [0.25, 0.3) is 0 Å². The SMILES string of the molecule is CCOC(=O)c1sc2nc(CN(C)C)nc(NC3CC(C)(C)OC3(C)C)c2c1C. The molecule has 2 aromatic heterocycles. The maximum atomic E-state index is 12.4. The molecule has 8 heteroatoms. The molecule has 0 radical (unpaired) electrons. The van der Waals surface area contributed by atoms with E-state index in [4.69, 9.17) is 19.4 Å². The number of fused-ring (bicyclic) bond motifs is 1. The van der Waals surface area contributed by atoms with E-state index in [0.717, 1.165) is 33.8 Å². The molecule has 1 aliphatic heterocycles. The van der Waals surface area contributed by atoms with Crippen LogP contribution < -0.4 is 5.32 Å². The van der Waals surface area contributed by atoms with Gasteiger partial charge in [0.1, 0.15) is 21.3 Å². The van der Waals surface area contributed by atoms with Crippen LogP contribution in [0.2, 0.25) is 0 Å². The number of nitrogens with zero attached hydrogens (tertiary/aromatic N) is 3. The van der Waals surface area contributed by atoms with Crippen LogP contribution in [0.1, 0.15) is 62.1 Å². The second-order valence-corrected chi connectivity index (χ2v) is 10.0. The average Bonchev–Trinajstić information content (AvgIpc) is 2.99. The van der Waals surface area contributed by atoms with E-state index in [9.17, 15) is 4.79 Å². The first-order valence-corrected chi connectivity index (χ1v) is 10.8. The third kappa shape index (κ3) is 4.54. The van der Waals surface area contributed by atoms with E-state index in [-0.39, 0.29) is 23.2 Å². The molecule has 1 unspecified atom stereocenters. The lowest BCUT2D eigenvalue weighted by molar-refractivity contribution is -0.0662. The molecule has 2 aromatic rings. The lowest BCUT2D eigenvalue weighted by Crippen LogP contribution is -2.38. The molecule has 0 aliphatic carbocycles. The Labute approximate surface area is 176 Å². The number of esters is 1. The van der Waals surface area contributed by atoms with Gasteiger partial charge in [-0.3, -0.25) is 0 Å². The number of rotatable bonds is 6. The summed E-state index contributed by atoms with van der Waals surface area (Å²) in [6.45, 7) is 13.1. The molecule has 7 nitrogen and oxygen atoms in total. The number of carbonyl (C=O) groups is 1. The van der Waals surface area contributed by atoms with Crippen molar-refractivity contribution >= 4 is 33.3 Å². The molecular weight excluding hydrogens is 388 g/mol. The zero-order valence-electron chi connectivity index (χ0n) is 18.7. The molecular formula is C21H32N4O3S. The molecule has 3 rings (SSSR count). The van der Waals surface area contributed by atoms with Gasteiger partial charge < -0.3 is 19.7 Å². The summed E-state index contributed by atoms with van der Waals surface area (Å²) in [6, 6.07) is 0.0909. The Morgan fingerprint density at radius 2 is 2.00 bits per heavy atom. The quantitative estimate of drug-likeness (QED) is 0.708. The van der Waals surface area contributed by atoms with E-state index in [2.05, 4.69) is 33.0 Å². The molecule has 1 N–H and O–H groups in total. The summed E-state index contributed by atoms with van der Waals surface area (Å²) in [5, 5.41) is 4.52. The van der Waals surface area contributed by atoms with Crippen LogP contribution in [0.15, 0.2) is 0 Å². The summed E-state index contributed by atoms with van der Waals surface area (Å²) >= 11 is 1.37. The third-order valence-electron chi connectivity index (χ3n) is 5.14. The Hall–Kier alpha value is -1.77. The number of carbonyl (C=O) groups excluding carboxylic acids is 1. The van der Waals surface area contributed by atoms with Crippen LogP contribution in [0.4, 0.5) is 5.82 Å². The Morgan fingerprint density at radius 1 is 1.31 bits per heavy atom. The molecule has 1 atom stereocenters. The summed E-state index contributed by atoms with van der Waals surface area (Å²) in [5.74, 6) is 1.17. The standard InChI is InChI=1S/C21H32N4O3S/c1-9-27-19(26)16-12(2)15-17(22-13-10-20(3,4)28-21(13,5)6)23-14(11-25(7)8)24-18(15)29-16/h13H,9-11H2,1-8H3,(H,22,23,24). The zero-order chi connectivity index (χ0) is 21.6. The average molecular weight is 421 g/mol. The van der Waals surface area contributed by atoms with Crippen molar-refractivity contribution in [2.45, 2.75) is 71.8 Å². The van der Waals surface area contributed by atoms with Crippen LogP contribution in [-0.2, 0) is 16.0 Å². The van der Waals surface area contributed by atoms with Crippen LogP contribution >= 0.6 is 11.3 Å². The number of aromatic nitrogens is 2. The first-order chi connectivity index (χ1) is 13.4. The summed E-state index contributed by atoms with van der Waals surface area (Å²) in [6.07, 6.45) is 0.864. The van der Waals surface area contributed by atoms with Gasteiger partial charge in [-0.05, 0) is 67.6 Å². The minimum absolute atomic E-state index is 0.0909. The second kappa shape index (κ2) is 7.81. The summed E-state index contributed by atoms with van der Waals surface area (Å²) in [7, 11) is 3.97. The molecule has 160 valence electrons. The highest BCUT2D eigenvalue weighted by Crippen LogP contribution is 2.41. The second-order valence-electron chi connectivity index (χ2n) is 9.05. The third-order valence-corrected chi connectivity index (χ3v) is 6.31. The molecule has 0 amide bonds. The predicted molar refractivity (Wildman–Crippen MR) is 117 cm³/mol. The van der Waals surface area contributed by atoms with Crippen molar-refractivity contribution in [3.05, 3.63) is 16.3 Å². The van der Waals surface area contributed by atoms with Gasteiger partial charge in [0.2, 0.25) is 0 Å². The van der Waals surface area contributed by atoms with Crippen LogP contribution in [0, 0.1) is 6.92 Å². The molecule has 0 saturated carbocycles. The first kappa shape index (κ1) is 21.9. The van der Waals surface area contributed by atoms with Crippen molar-refractivity contribution in [2.75, 3.05) is 26.0 Å². The lowest BCUT2D eigenvalue weighted by atomic mass is 9.94. The number of nitrogens with one attached hydrogen (secondary N) is 1. The van der Waals surface area contributed by atoms with E-state index < -0.39 is 0 Å². The van der Waals surface area contributed by atoms with E-state index in [1.807, 2.05) is 32.8 Å². The lowest BCUT2D eigenvalue weighted by Gasteiger charge is -2.28. The summed E-state index contributed by atoms with van der Waals surface area (Å²) in [4.78, 5) is 25.4. The minimum Gasteiger partial charge on any atom is -0.462 e. The van der Waals surface area contributed by atoms with Crippen molar-refractivity contribution < 1.29 is 14.3 Å². The number of thiophene rings is 1. The fraction of sp³-hybridized carbons (Fsp3) is 0.667. The molecule has 3 heterocycles. The number of hydrogen-bond acceptors (Lipinski definition) is 8. The Balaban J connectivity index is 2.09. The Bertz CT molecular complexity index is 920. The summed E-state index contributed by atoms with van der Waals surface area (Å²) < 4.78 is 11.5. The van der Waals surface area contributed by atoms with Gasteiger partial charge in [0.05, 0.1) is 35.8 Å². The van der Waals surface area contributed by atoms with Crippen LogP contribution in [0.3, 0.4) is 0 Å². The van der Waals surface area contributed by atoms with Gasteiger partial charge in [0.15, 0.2) is 0 Å². The maximum absolute atomic E-state index is 12.4. The van der Waals surface area contributed by atoms with Crippen molar-refractivity contribution in [1.82, 2.24) is 14.9 Å². The maximum Gasteiger partial charge on any atom is 0.348 e. The normalized spacial score (nSPS) is 20.4. The minimum atomic E-state index is -0.337. The van der Waals surface area contributed by atoms with Crippen molar-refractivity contribution in [3.63, 3.8) is 0 Å². The van der Waals surface area contributed by atoms with E-state index >= 15 is 0 Å². The van der Waals surface area contributed by atoms with Crippen LogP contribution in [0.25, 0.3) is 10.2 Å². The van der Waals surface area contributed by atoms with Gasteiger partial charge in [0, 0.05) is 0 Å². The number of aryl methyl sites for hydroxylation is 1. The van der Waals surface area contributed by atoms with Crippen LogP contribution in [0.5, 0.6) is 0 Å². The van der Waals surface area contributed by atoms with Gasteiger partial charge in [-0.2, -0.15) is 0 Å². The summed E-state index contributed by atoms with van der Waals surface area (Å²) in [5.41, 5.74) is 0.314. The van der Waals surface area contributed by atoms with Gasteiger partial charge in [-0.1, -0.05) is 0 Å². The van der Waals surface area contributed by atoms with E-state index in [0.29, 0.717) is 18.0 Å². The van der Waals surface area contributed by atoms with Gasteiger partial charge in [-0.25, -0.2) is 14.8 Å². The molecule has 1 saturated heterocycles. The van der Waals surface area contributed by atoms with Crippen molar-refractivity contribution in [1.29, 1.82) is 0 Å². The molecule has 0 spiro atoms. The zero-order valence-corrected chi connectivity index (χ0v) is 19.5. The first-order valence-electron chi connectivity index (χ1n) is 10.0. The fourth-order valence-corrected chi connectivity index (χ4v) is 5.08. The highest BCUT2D eigenvalue weighted by Gasteiger charge is 2.46. The number of hydrogen-bond donors (Lipinski definition) is 1. The van der Waals surface area contributed by atoms with Gasteiger partial charge in [-0.15, -0.1) is 11.3 Å². The Morgan fingerprint density at radius 3 is 2.55 bits per heavy atom. The van der Waals surface area contributed by atoms with E-state index in [1.165, 1.54) is 11.3 Å². The molecule has 1 aliphatic rings. The molecule has 0 aromatic carbocycles. The van der Waals surface area contributed by atoms with Crippen molar-refractivity contribution in [3.8, 4) is 0 Å². The van der Waals surface area contributed by atoms with Crippen molar-refractivity contribution in [2.24, 2.45) is 0 Å². The monoisotopic (exact) mass is 420 g/mol. The highest BCUT2D eigenvalue weighted by atomic mass is 32.1. The largest absolute Gasteiger partial charge is 0.462 e. The fourth-order valence-electron chi connectivity index (χ4n) is 3.98. The van der Waals surface area contributed by atoms with Gasteiger partial charge >= 0.3 is 5.97 Å².